The first-order chi connectivity index (χ1) is 7.47. The van der Waals surface area contributed by atoms with Gasteiger partial charge in [-0.1, -0.05) is 0 Å². The van der Waals surface area contributed by atoms with Crippen molar-refractivity contribution in [3.63, 3.8) is 0 Å². The zero-order chi connectivity index (χ0) is 13.7. The van der Waals surface area contributed by atoms with E-state index < -0.39 is 25.2 Å². The van der Waals surface area contributed by atoms with Crippen LogP contribution in [0, 0.1) is 0 Å². The third kappa shape index (κ3) is 10.2. The Kier molecular flexibility index (Phi) is 6.91. The molecule has 7 heteroatoms. The van der Waals surface area contributed by atoms with Crippen LogP contribution in [0.25, 0.3) is 0 Å². The molecular formula is C10H30BNO2Si3. The predicted molar refractivity (Wildman–Crippen MR) is 86.5 cm³/mol. The first-order valence-corrected chi connectivity index (χ1v) is 15.9. The van der Waals surface area contributed by atoms with E-state index in [4.69, 9.17) is 8.23 Å². The highest BCUT2D eigenvalue weighted by Gasteiger charge is 2.39. The molecule has 0 amide bonds. The lowest BCUT2D eigenvalue weighted by atomic mass is 10.4. The van der Waals surface area contributed by atoms with Crippen LogP contribution in [0.3, 0.4) is 0 Å². The molecule has 0 spiro atoms. The second-order valence-electron chi connectivity index (χ2n) is 6.77. The lowest BCUT2D eigenvalue weighted by Gasteiger charge is -2.38. The molecule has 102 valence electrons. The van der Waals surface area contributed by atoms with Crippen molar-refractivity contribution in [1.82, 2.24) is 5.23 Å². The van der Waals surface area contributed by atoms with E-state index in [2.05, 4.69) is 51.1 Å². The van der Waals surface area contributed by atoms with Crippen LogP contribution >= 0.6 is 0 Å². The molecule has 0 aliphatic carbocycles. The number of hydrogen-bond donors (Lipinski definition) is 1. The van der Waals surface area contributed by atoms with Crippen LogP contribution < -0.4 is 5.23 Å². The molecule has 17 heavy (non-hydrogen) atoms. The van der Waals surface area contributed by atoms with E-state index in [0.717, 1.165) is 19.0 Å². The number of rotatable bonds is 8. The van der Waals surface area contributed by atoms with Crippen molar-refractivity contribution in [3.8, 4) is 0 Å². The smallest absolute Gasteiger partial charge is 0.314 e. The molecular weight excluding hydrogens is 261 g/mol. The topological polar surface area (TPSA) is 30.5 Å². The predicted octanol–water partition coefficient (Wildman–Crippen LogP) is 2.29. The van der Waals surface area contributed by atoms with Gasteiger partial charge in [0.2, 0.25) is 0 Å². The van der Waals surface area contributed by atoms with E-state index in [0.29, 0.717) is 0 Å². The Bertz CT molecular complexity index is 213. The average Bonchev–Trinajstić information content (AvgIpc) is 1.96. The molecule has 0 fully saturated rings. The summed E-state index contributed by atoms with van der Waals surface area (Å²) >= 11 is 0. The standard InChI is InChI=1S/C10H30BNO2Si3/c1-15(2,3)13-17(7,10-8-9-12-11)14-16(4,5)6/h12H,8-11H2,1-7H3. The first kappa shape index (κ1) is 17.6. The fourth-order valence-electron chi connectivity index (χ4n) is 2.00. The summed E-state index contributed by atoms with van der Waals surface area (Å²) in [5.74, 6) is 0. The zero-order valence-corrected chi connectivity index (χ0v) is 15.9. The second kappa shape index (κ2) is 6.67. The van der Waals surface area contributed by atoms with Crippen molar-refractivity contribution in [2.75, 3.05) is 6.54 Å². The lowest BCUT2D eigenvalue weighted by Crippen LogP contribution is -2.52. The van der Waals surface area contributed by atoms with Gasteiger partial charge in [0.1, 0.15) is 0 Å². The Hall–Kier alpha value is 0.596. The maximum Gasteiger partial charge on any atom is 0.314 e. The van der Waals surface area contributed by atoms with Gasteiger partial charge in [-0.2, -0.15) is 0 Å². The molecule has 0 rings (SSSR count). The maximum atomic E-state index is 6.41. The molecule has 0 heterocycles. The van der Waals surface area contributed by atoms with Crippen LogP contribution in [0.4, 0.5) is 0 Å². The number of hydrogen-bond acceptors (Lipinski definition) is 3. The quantitative estimate of drug-likeness (QED) is 0.550. The highest BCUT2D eigenvalue weighted by atomic mass is 28.5. The van der Waals surface area contributed by atoms with Crippen molar-refractivity contribution < 1.29 is 8.23 Å². The highest BCUT2D eigenvalue weighted by molar-refractivity contribution is 6.87. The fourth-order valence-corrected chi connectivity index (χ4v) is 14.5. The van der Waals surface area contributed by atoms with E-state index >= 15 is 0 Å². The minimum Gasteiger partial charge on any atom is -0.437 e. The average molecular weight is 291 g/mol. The van der Waals surface area contributed by atoms with Gasteiger partial charge < -0.3 is 13.5 Å². The molecule has 0 atom stereocenters. The monoisotopic (exact) mass is 291 g/mol. The Morgan fingerprint density at radius 1 is 0.882 bits per heavy atom. The molecule has 0 aromatic rings. The summed E-state index contributed by atoms with van der Waals surface area (Å²) in [4.78, 5) is 0. The lowest BCUT2D eigenvalue weighted by molar-refractivity contribution is 0.381. The minimum absolute atomic E-state index is 1.05. The van der Waals surface area contributed by atoms with Gasteiger partial charge in [0, 0.05) is 0 Å². The van der Waals surface area contributed by atoms with Gasteiger partial charge in [0.05, 0.1) is 0 Å². The summed E-state index contributed by atoms with van der Waals surface area (Å²) in [6.45, 7) is 16.8. The van der Waals surface area contributed by atoms with Crippen LogP contribution in [0.5, 0.6) is 0 Å². The summed E-state index contributed by atoms with van der Waals surface area (Å²) in [6, 6.07) is 1.10. The molecule has 3 nitrogen and oxygen atoms in total. The molecule has 0 aliphatic rings. The molecule has 0 bridgehead atoms. The van der Waals surface area contributed by atoms with Gasteiger partial charge in [0.25, 0.3) is 0 Å². The van der Waals surface area contributed by atoms with E-state index in [-0.39, 0.29) is 0 Å². The molecule has 1 N–H and O–H groups in total. The van der Waals surface area contributed by atoms with Crippen molar-refractivity contribution >= 4 is 33.2 Å². The van der Waals surface area contributed by atoms with Crippen molar-refractivity contribution in [3.05, 3.63) is 0 Å². The fraction of sp³-hybridized carbons (Fsp3) is 1.00. The summed E-state index contributed by atoms with van der Waals surface area (Å²) < 4.78 is 12.8. The molecule has 0 aliphatic heterocycles. The molecule has 0 saturated carbocycles. The van der Waals surface area contributed by atoms with Crippen molar-refractivity contribution in [2.24, 2.45) is 0 Å². The molecule has 0 radical (unpaired) electrons. The van der Waals surface area contributed by atoms with Gasteiger partial charge in [-0.05, 0) is 64.8 Å². The maximum absolute atomic E-state index is 6.41. The van der Waals surface area contributed by atoms with E-state index in [1.807, 2.05) is 7.98 Å². The largest absolute Gasteiger partial charge is 0.437 e. The Balaban J connectivity index is 4.57. The van der Waals surface area contributed by atoms with Crippen LogP contribution in [-0.2, 0) is 8.23 Å². The van der Waals surface area contributed by atoms with Gasteiger partial charge in [-0.25, -0.2) is 0 Å². The van der Waals surface area contributed by atoms with E-state index in [9.17, 15) is 0 Å². The Labute approximate surface area is 112 Å². The van der Waals surface area contributed by atoms with Crippen molar-refractivity contribution in [1.29, 1.82) is 0 Å². The van der Waals surface area contributed by atoms with Gasteiger partial charge in [-0.3, -0.25) is 0 Å². The van der Waals surface area contributed by atoms with Gasteiger partial charge in [-0.15, -0.1) is 0 Å². The Morgan fingerprint density at radius 3 is 1.59 bits per heavy atom. The molecule has 0 aromatic carbocycles. The summed E-state index contributed by atoms with van der Waals surface area (Å²) in [6.07, 6.45) is 1.15. The summed E-state index contributed by atoms with van der Waals surface area (Å²) in [5, 5.41) is 3.20. The van der Waals surface area contributed by atoms with Gasteiger partial charge >= 0.3 is 8.56 Å². The van der Waals surface area contributed by atoms with Crippen LogP contribution in [0.15, 0.2) is 0 Å². The second-order valence-corrected chi connectivity index (χ2v) is 19.6. The third-order valence-electron chi connectivity index (χ3n) is 2.10. The van der Waals surface area contributed by atoms with Crippen LogP contribution in [0.2, 0.25) is 51.9 Å². The van der Waals surface area contributed by atoms with E-state index in [1.165, 1.54) is 0 Å². The minimum atomic E-state index is -1.97. The summed E-state index contributed by atoms with van der Waals surface area (Å²) in [5.41, 5.74) is 0. The first-order valence-electron chi connectivity index (χ1n) is 6.52. The van der Waals surface area contributed by atoms with Crippen molar-refractivity contribution in [2.45, 2.75) is 58.3 Å². The Morgan fingerprint density at radius 2 is 1.29 bits per heavy atom. The highest BCUT2D eigenvalue weighted by Crippen LogP contribution is 2.25. The SMILES string of the molecule is BNCCC[Si](C)(O[Si](C)(C)C)O[Si](C)(C)C. The van der Waals surface area contributed by atoms with Crippen LogP contribution in [-0.4, -0.2) is 39.7 Å². The van der Waals surface area contributed by atoms with E-state index in [1.54, 1.807) is 0 Å². The molecule has 0 aromatic heterocycles. The normalized spacial score (nSPS) is 14.1. The van der Waals surface area contributed by atoms with Gasteiger partial charge in [0.15, 0.2) is 24.6 Å². The zero-order valence-electron chi connectivity index (χ0n) is 12.9. The molecule has 0 saturated heterocycles. The van der Waals surface area contributed by atoms with Crippen LogP contribution in [0.1, 0.15) is 6.42 Å². The number of nitrogens with one attached hydrogen (secondary N) is 1. The molecule has 0 unspecified atom stereocenters. The third-order valence-corrected chi connectivity index (χ3v) is 11.7. The summed E-state index contributed by atoms with van der Waals surface area (Å²) in [7, 11) is -3.00.